The Morgan fingerprint density at radius 3 is 2.66 bits per heavy atom. The van der Waals surface area contributed by atoms with Gasteiger partial charge >= 0.3 is 0 Å². The van der Waals surface area contributed by atoms with E-state index >= 15 is 0 Å². The molecule has 0 spiro atoms. The Balaban J connectivity index is 1.75. The fourth-order valence-electron chi connectivity index (χ4n) is 3.28. The van der Waals surface area contributed by atoms with Crippen LogP contribution >= 0.6 is 11.3 Å². The lowest BCUT2D eigenvalue weighted by atomic mass is 10.2. The molecular weight excluding hydrogens is 406 g/mol. The third-order valence-corrected chi connectivity index (χ3v) is 7.65. The summed E-state index contributed by atoms with van der Waals surface area (Å²) in [4.78, 5) is 10.5. The van der Waals surface area contributed by atoms with Gasteiger partial charge in [-0.05, 0) is 38.3 Å². The lowest BCUT2D eigenvalue weighted by molar-refractivity contribution is 0.346. The van der Waals surface area contributed by atoms with Crippen LogP contribution in [0.4, 0.5) is 0 Å². The van der Waals surface area contributed by atoms with Gasteiger partial charge in [-0.2, -0.15) is 4.31 Å². The van der Waals surface area contributed by atoms with Crippen molar-refractivity contribution >= 4 is 27.3 Å². The number of rotatable bonds is 7. The molecule has 2 N–H and O–H groups in total. The normalized spacial score (nSPS) is 16.0. The molecule has 0 unspecified atom stereocenters. The average Bonchev–Trinajstić information content (AvgIpc) is 3.16. The van der Waals surface area contributed by atoms with Crippen LogP contribution in [0, 0.1) is 6.92 Å². The average molecular weight is 436 g/mol. The van der Waals surface area contributed by atoms with E-state index in [-0.39, 0.29) is 6.54 Å². The van der Waals surface area contributed by atoms with Crippen molar-refractivity contribution in [1.82, 2.24) is 19.9 Å². The van der Waals surface area contributed by atoms with Crippen molar-refractivity contribution in [3.63, 3.8) is 0 Å². The molecule has 1 aliphatic rings. The molecule has 2 heterocycles. The minimum absolute atomic E-state index is 0.287. The van der Waals surface area contributed by atoms with Crippen LogP contribution in [0.3, 0.4) is 0 Å². The van der Waals surface area contributed by atoms with E-state index in [4.69, 9.17) is 0 Å². The van der Waals surface area contributed by atoms with E-state index in [0.717, 1.165) is 30.8 Å². The number of hydrogen-bond acceptors (Lipinski definition) is 5. The zero-order valence-electron chi connectivity index (χ0n) is 17.0. The van der Waals surface area contributed by atoms with Crippen LogP contribution in [0.5, 0.6) is 0 Å². The maximum Gasteiger partial charge on any atom is 0.243 e. The minimum Gasteiger partial charge on any atom is -0.357 e. The largest absolute Gasteiger partial charge is 0.357 e. The molecule has 9 heteroatoms. The minimum atomic E-state index is -3.49. The summed E-state index contributed by atoms with van der Waals surface area (Å²) in [5.74, 6) is 0.644. The number of aliphatic imine (C=N–C) groups is 1. The molecule has 1 aromatic carbocycles. The smallest absolute Gasteiger partial charge is 0.243 e. The van der Waals surface area contributed by atoms with Gasteiger partial charge in [0.1, 0.15) is 5.01 Å². The number of sulfonamides is 1. The van der Waals surface area contributed by atoms with E-state index in [9.17, 15) is 8.42 Å². The number of benzene rings is 1. The van der Waals surface area contributed by atoms with Gasteiger partial charge in [0.25, 0.3) is 0 Å². The number of piperidine rings is 1. The predicted octanol–water partition coefficient (Wildman–Crippen LogP) is 2.88. The monoisotopic (exact) mass is 435 g/mol. The molecule has 0 radical (unpaired) electrons. The molecular formula is C20H29N5O2S2. The fourth-order valence-corrected chi connectivity index (χ4v) is 5.74. The molecule has 3 rings (SSSR count). The first-order valence-electron chi connectivity index (χ1n) is 10.0. The highest BCUT2D eigenvalue weighted by Crippen LogP contribution is 2.24. The molecule has 1 aliphatic heterocycles. The van der Waals surface area contributed by atoms with E-state index in [0.29, 0.717) is 36.1 Å². The van der Waals surface area contributed by atoms with Gasteiger partial charge in [0.05, 0.1) is 18.0 Å². The van der Waals surface area contributed by atoms with Crippen LogP contribution in [-0.4, -0.2) is 43.3 Å². The summed E-state index contributed by atoms with van der Waals surface area (Å²) in [6, 6.07) is 7.17. The first-order chi connectivity index (χ1) is 14.0. The number of hydrogen-bond donors (Lipinski definition) is 2. The second-order valence-corrected chi connectivity index (χ2v) is 10.2. The highest BCUT2D eigenvalue weighted by Gasteiger charge is 2.27. The molecule has 2 aromatic rings. The maximum absolute atomic E-state index is 13.1. The van der Waals surface area contributed by atoms with E-state index in [2.05, 4.69) is 20.6 Å². The number of thiazole rings is 1. The lowest BCUT2D eigenvalue weighted by Crippen LogP contribution is -2.37. The van der Waals surface area contributed by atoms with Crippen molar-refractivity contribution in [2.45, 2.75) is 51.1 Å². The summed E-state index contributed by atoms with van der Waals surface area (Å²) in [7, 11) is -3.49. The first kappa shape index (κ1) is 21.7. The Labute approximate surface area is 177 Å². The Morgan fingerprint density at radius 2 is 1.97 bits per heavy atom. The predicted molar refractivity (Wildman–Crippen MR) is 118 cm³/mol. The van der Waals surface area contributed by atoms with Gasteiger partial charge in [-0.25, -0.2) is 18.4 Å². The third-order valence-electron chi connectivity index (χ3n) is 4.73. The van der Waals surface area contributed by atoms with Crippen molar-refractivity contribution in [1.29, 1.82) is 0 Å². The van der Waals surface area contributed by atoms with Crippen molar-refractivity contribution in [2.24, 2.45) is 4.99 Å². The Kier molecular flexibility index (Phi) is 7.63. The molecule has 1 saturated heterocycles. The van der Waals surface area contributed by atoms with Gasteiger partial charge in [-0.3, -0.25) is 0 Å². The van der Waals surface area contributed by atoms with Crippen LogP contribution in [0.25, 0.3) is 0 Å². The zero-order chi connectivity index (χ0) is 20.7. The van der Waals surface area contributed by atoms with E-state index < -0.39 is 10.0 Å². The molecule has 7 nitrogen and oxygen atoms in total. The summed E-state index contributed by atoms with van der Waals surface area (Å²) in [5.41, 5.74) is 0.709. The Hall–Kier alpha value is -1.97. The van der Waals surface area contributed by atoms with E-state index in [1.807, 2.05) is 32.2 Å². The Bertz CT molecular complexity index is 934. The van der Waals surface area contributed by atoms with Crippen molar-refractivity contribution in [3.05, 3.63) is 45.9 Å². The molecule has 0 aliphatic carbocycles. The fraction of sp³-hybridized carbons (Fsp3) is 0.500. The Morgan fingerprint density at radius 1 is 1.21 bits per heavy atom. The number of nitrogens with one attached hydrogen (secondary N) is 2. The topological polar surface area (TPSA) is 86.7 Å². The molecule has 0 amide bonds. The maximum atomic E-state index is 13.1. The van der Waals surface area contributed by atoms with Crippen LogP contribution < -0.4 is 10.6 Å². The van der Waals surface area contributed by atoms with Crippen LogP contribution in [0.2, 0.25) is 0 Å². The van der Waals surface area contributed by atoms with Crippen molar-refractivity contribution in [3.8, 4) is 0 Å². The molecule has 29 heavy (non-hydrogen) atoms. The van der Waals surface area contributed by atoms with Gasteiger partial charge in [0.2, 0.25) is 10.0 Å². The second kappa shape index (κ2) is 10.2. The standard InChI is InChI=1S/C20H29N5O2S2/c1-3-21-20(24-15-19-22-13-16(2)28-19)23-14-17-9-5-6-10-18(17)29(26,27)25-11-7-4-8-12-25/h5-6,9-10,13H,3-4,7-8,11-12,14-15H2,1-2H3,(H2,21,23,24). The molecule has 0 saturated carbocycles. The van der Waals surface area contributed by atoms with Gasteiger partial charge in [-0.15, -0.1) is 11.3 Å². The third kappa shape index (κ3) is 5.77. The van der Waals surface area contributed by atoms with Gasteiger partial charge < -0.3 is 10.6 Å². The van der Waals surface area contributed by atoms with E-state index in [1.54, 1.807) is 27.8 Å². The van der Waals surface area contributed by atoms with Gasteiger partial charge in [0, 0.05) is 30.7 Å². The molecule has 1 aromatic heterocycles. The molecule has 0 atom stereocenters. The summed E-state index contributed by atoms with van der Waals surface area (Å²) in [5, 5.41) is 7.46. The van der Waals surface area contributed by atoms with Gasteiger partial charge in [-0.1, -0.05) is 24.6 Å². The van der Waals surface area contributed by atoms with Crippen molar-refractivity contribution < 1.29 is 8.42 Å². The van der Waals surface area contributed by atoms with Gasteiger partial charge in [0.15, 0.2) is 5.96 Å². The molecule has 158 valence electrons. The molecule has 0 bridgehead atoms. The van der Waals surface area contributed by atoms with Crippen LogP contribution in [0.1, 0.15) is 41.6 Å². The lowest BCUT2D eigenvalue weighted by Gasteiger charge is -2.26. The second-order valence-electron chi connectivity index (χ2n) is 6.99. The SMILES string of the molecule is CCNC(=NCc1ccccc1S(=O)(=O)N1CCCCC1)NCc1ncc(C)s1. The quantitative estimate of drug-likeness (QED) is 0.516. The number of guanidine groups is 1. The first-order valence-corrected chi connectivity index (χ1v) is 12.3. The zero-order valence-corrected chi connectivity index (χ0v) is 18.7. The number of aryl methyl sites for hydroxylation is 1. The van der Waals surface area contributed by atoms with Crippen molar-refractivity contribution in [2.75, 3.05) is 19.6 Å². The highest BCUT2D eigenvalue weighted by molar-refractivity contribution is 7.89. The van der Waals surface area contributed by atoms with E-state index in [1.165, 1.54) is 4.88 Å². The summed E-state index contributed by atoms with van der Waals surface area (Å²) in [6.07, 6.45) is 4.79. The summed E-state index contributed by atoms with van der Waals surface area (Å²) >= 11 is 1.64. The summed E-state index contributed by atoms with van der Waals surface area (Å²) in [6.45, 7) is 6.80. The summed E-state index contributed by atoms with van der Waals surface area (Å²) < 4.78 is 27.9. The van der Waals surface area contributed by atoms with Crippen LogP contribution in [-0.2, 0) is 23.1 Å². The molecule has 1 fully saturated rings. The van der Waals surface area contributed by atoms with Crippen LogP contribution in [0.15, 0.2) is 40.4 Å². The highest BCUT2D eigenvalue weighted by atomic mass is 32.2. The number of aromatic nitrogens is 1. The number of nitrogens with zero attached hydrogens (tertiary/aromatic N) is 3.